The zero-order chi connectivity index (χ0) is 21.2. The molecule has 0 aliphatic heterocycles. The van der Waals surface area contributed by atoms with Crippen LogP contribution in [-0.4, -0.2) is 30.6 Å². The van der Waals surface area contributed by atoms with E-state index in [-0.39, 0.29) is 5.91 Å². The van der Waals surface area contributed by atoms with Crippen molar-refractivity contribution in [2.75, 3.05) is 5.32 Å². The molecule has 0 unspecified atom stereocenters. The SMILES string of the molecule is Cc1cnc(NC(=O)c2cc(-c3ccccc3)nc3c2cnn3Cc2ccncc2)s1. The number of aromatic nitrogens is 5. The summed E-state index contributed by atoms with van der Waals surface area (Å²) in [6.07, 6.45) is 6.93. The first kappa shape index (κ1) is 19.1. The number of hydrogen-bond donors (Lipinski definition) is 1. The fourth-order valence-corrected chi connectivity index (χ4v) is 4.01. The fraction of sp³-hybridized carbons (Fsp3) is 0.0870. The van der Waals surface area contributed by atoms with Gasteiger partial charge in [0.15, 0.2) is 10.8 Å². The van der Waals surface area contributed by atoms with Crippen molar-refractivity contribution in [2.45, 2.75) is 13.5 Å². The van der Waals surface area contributed by atoms with E-state index in [1.165, 1.54) is 11.3 Å². The Morgan fingerprint density at radius 3 is 2.65 bits per heavy atom. The number of amides is 1. The van der Waals surface area contributed by atoms with Gasteiger partial charge in [0, 0.05) is 29.0 Å². The maximum Gasteiger partial charge on any atom is 0.258 e. The van der Waals surface area contributed by atoms with Crippen molar-refractivity contribution in [1.29, 1.82) is 0 Å². The minimum Gasteiger partial charge on any atom is -0.298 e. The number of nitrogens with one attached hydrogen (secondary N) is 1. The number of carbonyl (C=O) groups excluding carboxylic acids is 1. The molecule has 0 bridgehead atoms. The third-order valence-corrected chi connectivity index (χ3v) is 5.68. The molecule has 0 aliphatic rings. The van der Waals surface area contributed by atoms with Crippen LogP contribution in [-0.2, 0) is 6.54 Å². The Labute approximate surface area is 182 Å². The molecular formula is C23H18N6OS. The lowest BCUT2D eigenvalue weighted by Crippen LogP contribution is -2.13. The molecule has 0 saturated carbocycles. The summed E-state index contributed by atoms with van der Waals surface area (Å²) in [7, 11) is 0. The van der Waals surface area contributed by atoms with Crippen LogP contribution < -0.4 is 5.32 Å². The topological polar surface area (TPSA) is 85.6 Å². The van der Waals surface area contributed by atoms with Crippen molar-refractivity contribution in [3.05, 3.63) is 89.3 Å². The van der Waals surface area contributed by atoms with Crippen LogP contribution in [0.25, 0.3) is 22.3 Å². The molecule has 152 valence electrons. The molecule has 1 amide bonds. The zero-order valence-corrected chi connectivity index (χ0v) is 17.5. The molecule has 5 aromatic rings. The Morgan fingerprint density at radius 1 is 1.10 bits per heavy atom. The van der Waals surface area contributed by atoms with Gasteiger partial charge in [-0.15, -0.1) is 11.3 Å². The number of benzene rings is 1. The molecule has 1 N–H and O–H groups in total. The van der Waals surface area contributed by atoms with Crippen LogP contribution in [0.1, 0.15) is 20.8 Å². The van der Waals surface area contributed by atoms with Crippen LogP contribution in [0.15, 0.2) is 73.3 Å². The lowest BCUT2D eigenvalue weighted by atomic mass is 10.1. The lowest BCUT2D eigenvalue weighted by molar-refractivity contribution is 0.102. The highest BCUT2D eigenvalue weighted by atomic mass is 32.1. The lowest BCUT2D eigenvalue weighted by Gasteiger charge is -2.09. The third kappa shape index (κ3) is 3.93. The summed E-state index contributed by atoms with van der Waals surface area (Å²) >= 11 is 1.44. The summed E-state index contributed by atoms with van der Waals surface area (Å²) in [6, 6.07) is 15.5. The van der Waals surface area contributed by atoms with Crippen LogP contribution in [0.5, 0.6) is 0 Å². The fourth-order valence-electron chi connectivity index (χ4n) is 3.35. The largest absolute Gasteiger partial charge is 0.298 e. The number of aryl methyl sites for hydroxylation is 1. The molecule has 0 atom stereocenters. The number of fused-ring (bicyclic) bond motifs is 1. The predicted octanol–water partition coefficient (Wildman–Crippen LogP) is 4.56. The maximum absolute atomic E-state index is 13.2. The summed E-state index contributed by atoms with van der Waals surface area (Å²) in [4.78, 5) is 27.4. The number of carbonyl (C=O) groups is 1. The Balaban J connectivity index is 1.62. The third-order valence-electron chi connectivity index (χ3n) is 4.85. The highest BCUT2D eigenvalue weighted by Crippen LogP contribution is 2.26. The molecule has 31 heavy (non-hydrogen) atoms. The summed E-state index contributed by atoms with van der Waals surface area (Å²) in [5, 5.41) is 8.69. The van der Waals surface area contributed by atoms with E-state index in [1.54, 1.807) is 29.5 Å². The van der Waals surface area contributed by atoms with Gasteiger partial charge >= 0.3 is 0 Å². The van der Waals surface area contributed by atoms with Crippen LogP contribution in [0.4, 0.5) is 5.13 Å². The van der Waals surface area contributed by atoms with E-state index in [1.807, 2.05) is 55.5 Å². The molecule has 0 spiro atoms. The van der Waals surface area contributed by atoms with Crippen molar-refractivity contribution < 1.29 is 4.79 Å². The van der Waals surface area contributed by atoms with Crippen LogP contribution >= 0.6 is 11.3 Å². The van der Waals surface area contributed by atoms with E-state index in [0.717, 1.165) is 16.0 Å². The minimum absolute atomic E-state index is 0.234. The second-order valence-electron chi connectivity index (χ2n) is 7.05. The number of thiazole rings is 1. The second kappa shape index (κ2) is 8.08. The molecule has 4 heterocycles. The van der Waals surface area contributed by atoms with Gasteiger partial charge in [-0.3, -0.25) is 15.1 Å². The van der Waals surface area contributed by atoms with Crippen molar-refractivity contribution >= 4 is 33.4 Å². The number of nitrogens with zero attached hydrogens (tertiary/aromatic N) is 5. The Hall–Kier alpha value is -3.91. The quantitative estimate of drug-likeness (QED) is 0.445. The summed E-state index contributed by atoms with van der Waals surface area (Å²) in [5.74, 6) is -0.234. The van der Waals surface area contributed by atoms with Crippen molar-refractivity contribution in [2.24, 2.45) is 0 Å². The second-order valence-corrected chi connectivity index (χ2v) is 8.28. The monoisotopic (exact) mass is 426 g/mol. The number of hydrogen-bond acceptors (Lipinski definition) is 6. The average Bonchev–Trinajstić information content (AvgIpc) is 3.40. The maximum atomic E-state index is 13.2. The van der Waals surface area contributed by atoms with Gasteiger partial charge in [-0.25, -0.2) is 14.6 Å². The van der Waals surface area contributed by atoms with Gasteiger partial charge in [-0.1, -0.05) is 30.3 Å². The molecule has 0 radical (unpaired) electrons. The zero-order valence-electron chi connectivity index (χ0n) is 16.7. The van der Waals surface area contributed by atoms with Gasteiger partial charge in [0.2, 0.25) is 0 Å². The Bertz CT molecular complexity index is 1360. The molecule has 0 saturated heterocycles. The van der Waals surface area contributed by atoms with Gasteiger partial charge in [0.05, 0.1) is 29.4 Å². The Kier molecular flexibility index (Phi) is 4.97. The van der Waals surface area contributed by atoms with Crippen LogP contribution in [0, 0.1) is 6.92 Å². The molecule has 7 nitrogen and oxygen atoms in total. The van der Waals surface area contributed by atoms with E-state index in [2.05, 4.69) is 20.4 Å². The van der Waals surface area contributed by atoms with Crippen molar-refractivity contribution in [3.63, 3.8) is 0 Å². The van der Waals surface area contributed by atoms with E-state index in [9.17, 15) is 4.79 Å². The number of rotatable bonds is 5. The molecule has 5 rings (SSSR count). The Morgan fingerprint density at radius 2 is 1.90 bits per heavy atom. The van der Waals surface area contributed by atoms with Crippen LogP contribution in [0.3, 0.4) is 0 Å². The smallest absolute Gasteiger partial charge is 0.258 e. The minimum atomic E-state index is -0.234. The molecular weight excluding hydrogens is 408 g/mol. The summed E-state index contributed by atoms with van der Waals surface area (Å²) in [5.41, 5.74) is 3.86. The van der Waals surface area contributed by atoms with E-state index in [4.69, 9.17) is 4.98 Å². The standard InChI is InChI=1S/C23H18N6OS/c1-15-12-25-23(31-15)28-22(30)18-11-20(17-5-3-2-4-6-17)27-21-19(18)13-26-29(21)14-16-7-9-24-10-8-16/h2-13H,14H2,1H3,(H,25,28,30). The number of pyridine rings is 2. The first-order chi connectivity index (χ1) is 15.2. The van der Waals surface area contributed by atoms with E-state index >= 15 is 0 Å². The summed E-state index contributed by atoms with van der Waals surface area (Å²) in [6.45, 7) is 2.48. The first-order valence-corrected chi connectivity index (χ1v) is 10.5. The molecule has 0 aliphatic carbocycles. The van der Waals surface area contributed by atoms with Gasteiger partial charge in [-0.05, 0) is 30.7 Å². The first-order valence-electron chi connectivity index (χ1n) is 9.72. The normalized spacial score (nSPS) is 11.0. The highest BCUT2D eigenvalue weighted by Gasteiger charge is 2.18. The molecule has 1 aromatic carbocycles. The van der Waals surface area contributed by atoms with E-state index < -0.39 is 0 Å². The average molecular weight is 427 g/mol. The molecule has 8 heteroatoms. The van der Waals surface area contributed by atoms with Gasteiger partial charge in [-0.2, -0.15) is 5.10 Å². The molecule has 0 fully saturated rings. The van der Waals surface area contributed by atoms with Gasteiger partial charge in [0.1, 0.15) is 0 Å². The van der Waals surface area contributed by atoms with E-state index in [0.29, 0.717) is 34.0 Å². The predicted molar refractivity (Wildman–Crippen MR) is 121 cm³/mol. The van der Waals surface area contributed by atoms with Crippen molar-refractivity contribution in [1.82, 2.24) is 24.7 Å². The summed E-state index contributed by atoms with van der Waals surface area (Å²) < 4.78 is 1.81. The van der Waals surface area contributed by atoms with Crippen molar-refractivity contribution in [3.8, 4) is 11.3 Å². The van der Waals surface area contributed by atoms with Crippen LogP contribution in [0.2, 0.25) is 0 Å². The molecule has 4 aromatic heterocycles. The highest BCUT2D eigenvalue weighted by molar-refractivity contribution is 7.15. The number of anilines is 1. The van der Waals surface area contributed by atoms with Gasteiger partial charge in [0.25, 0.3) is 5.91 Å². The van der Waals surface area contributed by atoms with Gasteiger partial charge < -0.3 is 0 Å².